The summed E-state index contributed by atoms with van der Waals surface area (Å²) in [6.45, 7) is 8.82. The number of anilines is 1. The number of nitrogens with zero attached hydrogens (tertiary/aromatic N) is 3. The van der Waals surface area contributed by atoms with Crippen LogP contribution in [0, 0.1) is 5.92 Å². The highest BCUT2D eigenvalue weighted by molar-refractivity contribution is 5.52. The molecule has 2 heterocycles. The average molecular weight is 290 g/mol. The summed E-state index contributed by atoms with van der Waals surface area (Å²) in [5.41, 5.74) is 2.63. The molecule has 1 saturated heterocycles. The van der Waals surface area contributed by atoms with Crippen molar-refractivity contribution in [2.75, 3.05) is 38.6 Å². The van der Waals surface area contributed by atoms with Gasteiger partial charge in [0.1, 0.15) is 0 Å². The Labute approximate surface area is 129 Å². The third kappa shape index (κ3) is 4.68. The van der Waals surface area contributed by atoms with Crippen LogP contribution in [0.25, 0.3) is 0 Å². The van der Waals surface area contributed by atoms with E-state index in [1.165, 1.54) is 37.2 Å². The Balaban J connectivity index is 2.01. The van der Waals surface area contributed by atoms with Crippen molar-refractivity contribution in [1.82, 2.24) is 15.2 Å². The maximum atomic E-state index is 4.31. The quantitative estimate of drug-likeness (QED) is 0.871. The summed E-state index contributed by atoms with van der Waals surface area (Å²) < 4.78 is 0. The van der Waals surface area contributed by atoms with Gasteiger partial charge in [0.25, 0.3) is 0 Å². The Hall–Kier alpha value is -1.13. The zero-order valence-corrected chi connectivity index (χ0v) is 14.0. The van der Waals surface area contributed by atoms with Crippen molar-refractivity contribution in [3.8, 4) is 0 Å². The molecule has 1 aliphatic rings. The Morgan fingerprint density at radius 2 is 2.10 bits per heavy atom. The van der Waals surface area contributed by atoms with Gasteiger partial charge in [-0.1, -0.05) is 13.8 Å². The van der Waals surface area contributed by atoms with Crippen molar-refractivity contribution < 1.29 is 0 Å². The molecule has 4 heteroatoms. The minimum Gasteiger partial charge on any atom is -0.371 e. The smallest absolute Gasteiger partial charge is 0.0442 e. The molecule has 0 unspecified atom stereocenters. The lowest BCUT2D eigenvalue weighted by molar-refractivity contribution is 0.252. The highest BCUT2D eigenvalue weighted by Crippen LogP contribution is 2.24. The van der Waals surface area contributed by atoms with Crippen LogP contribution < -0.4 is 10.2 Å². The van der Waals surface area contributed by atoms with Crippen LogP contribution in [0.2, 0.25) is 0 Å². The van der Waals surface area contributed by atoms with E-state index >= 15 is 0 Å². The molecule has 4 nitrogen and oxygen atoms in total. The Bertz CT molecular complexity index is 425. The Morgan fingerprint density at radius 3 is 2.76 bits per heavy atom. The first kappa shape index (κ1) is 16.2. The topological polar surface area (TPSA) is 31.4 Å². The van der Waals surface area contributed by atoms with E-state index in [0.29, 0.717) is 12.0 Å². The van der Waals surface area contributed by atoms with Crippen LogP contribution in [-0.2, 0) is 6.54 Å². The lowest BCUT2D eigenvalue weighted by Gasteiger charge is -2.37. The summed E-state index contributed by atoms with van der Waals surface area (Å²) in [4.78, 5) is 9.19. The Morgan fingerprint density at radius 1 is 1.38 bits per heavy atom. The maximum Gasteiger partial charge on any atom is 0.0442 e. The van der Waals surface area contributed by atoms with Gasteiger partial charge in [0.05, 0.1) is 0 Å². The van der Waals surface area contributed by atoms with Crippen molar-refractivity contribution in [3.63, 3.8) is 0 Å². The maximum absolute atomic E-state index is 4.31. The third-order valence-corrected chi connectivity index (χ3v) is 4.36. The zero-order valence-electron chi connectivity index (χ0n) is 14.0. The van der Waals surface area contributed by atoms with Gasteiger partial charge in [0.2, 0.25) is 0 Å². The zero-order chi connectivity index (χ0) is 15.2. The molecule has 1 aromatic rings. The van der Waals surface area contributed by atoms with Gasteiger partial charge >= 0.3 is 0 Å². The molecule has 0 radical (unpaired) electrons. The number of rotatable bonds is 6. The molecular formula is C17H30N4. The molecule has 1 aliphatic heterocycles. The van der Waals surface area contributed by atoms with Crippen molar-refractivity contribution in [1.29, 1.82) is 0 Å². The number of pyridine rings is 1. The van der Waals surface area contributed by atoms with Crippen LogP contribution in [0.1, 0.15) is 32.3 Å². The standard InChI is InChI=1S/C17H30N4/c1-14(2)11-19-13-15-12-18-8-5-17(15)21(4)16-6-9-20(3)10-7-16/h5,8,12,14,16,19H,6-7,9-11,13H2,1-4H3. The lowest BCUT2D eigenvalue weighted by Crippen LogP contribution is -2.42. The number of likely N-dealkylation sites (tertiary alicyclic amines) is 1. The average Bonchev–Trinajstić information content (AvgIpc) is 2.47. The number of hydrogen-bond donors (Lipinski definition) is 1. The first-order valence-electron chi connectivity index (χ1n) is 8.13. The second kappa shape index (κ2) is 7.76. The summed E-state index contributed by atoms with van der Waals surface area (Å²) >= 11 is 0. The van der Waals surface area contributed by atoms with Gasteiger partial charge in [-0.25, -0.2) is 0 Å². The number of aromatic nitrogens is 1. The highest BCUT2D eigenvalue weighted by Gasteiger charge is 2.22. The van der Waals surface area contributed by atoms with Crippen LogP contribution in [0.3, 0.4) is 0 Å². The van der Waals surface area contributed by atoms with E-state index in [9.17, 15) is 0 Å². The second-order valence-corrected chi connectivity index (χ2v) is 6.67. The van der Waals surface area contributed by atoms with Gasteiger partial charge in [0, 0.05) is 43.3 Å². The van der Waals surface area contributed by atoms with Crippen LogP contribution in [0.5, 0.6) is 0 Å². The molecule has 0 aromatic carbocycles. The molecule has 0 saturated carbocycles. The molecule has 21 heavy (non-hydrogen) atoms. The molecule has 0 atom stereocenters. The number of hydrogen-bond acceptors (Lipinski definition) is 4. The molecule has 1 N–H and O–H groups in total. The Kier molecular flexibility index (Phi) is 6.00. The fourth-order valence-corrected chi connectivity index (χ4v) is 2.97. The summed E-state index contributed by atoms with van der Waals surface area (Å²) in [6.07, 6.45) is 6.41. The fourth-order valence-electron chi connectivity index (χ4n) is 2.97. The predicted molar refractivity (Wildman–Crippen MR) is 89.7 cm³/mol. The molecule has 0 bridgehead atoms. The molecule has 0 amide bonds. The summed E-state index contributed by atoms with van der Waals surface area (Å²) in [7, 11) is 4.45. The van der Waals surface area contributed by atoms with Gasteiger partial charge in [-0.3, -0.25) is 4.98 Å². The molecular weight excluding hydrogens is 260 g/mol. The SMILES string of the molecule is CC(C)CNCc1cnccc1N(C)C1CCN(C)CC1. The number of nitrogens with one attached hydrogen (secondary N) is 1. The van der Waals surface area contributed by atoms with Gasteiger partial charge in [-0.05, 0) is 51.5 Å². The van der Waals surface area contributed by atoms with Crippen molar-refractivity contribution in [2.45, 2.75) is 39.3 Å². The van der Waals surface area contributed by atoms with E-state index in [1.807, 2.05) is 12.4 Å². The van der Waals surface area contributed by atoms with Gasteiger partial charge in [0.15, 0.2) is 0 Å². The summed E-state index contributed by atoms with van der Waals surface area (Å²) in [5.74, 6) is 0.678. The monoisotopic (exact) mass is 290 g/mol. The minimum atomic E-state index is 0.646. The summed E-state index contributed by atoms with van der Waals surface area (Å²) in [5, 5.41) is 3.53. The van der Waals surface area contributed by atoms with E-state index in [0.717, 1.165) is 13.1 Å². The number of piperidine rings is 1. The highest BCUT2D eigenvalue weighted by atomic mass is 15.2. The minimum absolute atomic E-state index is 0.646. The van der Waals surface area contributed by atoms with E-state index in [-0.39, 0.29) is 0 Å². The van der Waals surface area contributed by atoms with E-state index in [1.54, 1.807) is 0 Å². The van der Waals surface area contributed by atoms with E-state index in [2.05, 4.69) is 54.1 Å². The molecule has 1 aromatic heterocycles. The second-order valence-electron chi connectivity index (χ2n) is 6.67. The van der Waals surface area contributed by atoms with Crippen LogP contribution in [-0.4, -0.2) is 49.7 Å². The van der Waals surface area contributed by atoms with Crippen molar-refractivity contribution in [2.24, 2.45) is 5.92 Å². The van der Waals surface area contributed by atoms with Crippen molar-refractivity contribution in [3.05, 3.63) is 24.0 Å². The molecule has 0 aliphatic carbocycles. The molecule has 1 fully saturated rings. The third-order valence-electron chi connectivity index (χ3n) is 4.36. The van der Waals surface area contributed by atoms with E-state index < -0.39 is 0 Å². The van der Waals surface area contributed by atoms with Gasteiger partial charge in [-0.2, -0.15) is 0 Å². The lowest BCUT2D eigenvalue weighted by atomic mass is 10.0. The van der Waals surface area contributed by atoms with E-state index in [4.69, 9.17) is 0 Å². The first-order valence-corrected chi connectivity index (χ1v) is 8.13. The van der Waals surface area contributed by atoms with Crippen LogP contribution in [0.4, 0.5) is 5.69 Å². The summed E-state index contributed by atoms with van der Waals surface area (Å²) in [6, 6.07) is 2.80. The predicted octanol–water partition coefficient (Wildman–Crippen LogP) is 2.36. The van der Waals surface area contributed by atoms with Crippen LogP contribution in [0.15, 0.2) is 18.5 Å². The normalized spacial score (nSPS) is 17.4. The molecule has 0 spiro atoms. The van der Waals surface area contributed by atoms with Crippen LogP contribution >= 0.6 is 0 Å². The van der Waals surface area contributed by atoms with Crippen molar-refractivity contribution >= 4 is 5.69 Å². The fraction of sp³-hybridized carbons (Fsp3) is 0.706. The van der Waals surface area contributed by atoms with Gasteiger partial charge in [-0.15, -0.1) is 0 Å². The van der Waals surface area contributed by atoms with Gasteiger partial charge < -0.3 is 15.1 Å². The largest absolute Gasteiger partial charge is 0.371 e. The molecule has 118 valence electrons. The first-order chi connectivity index (χ1) is 10.1. The molecule has 2 rings (SSSR count).